The van der Waals surface area contributed by atoms with Crippen molar-refractivity contribution in [1.29, 1.82) is 0 Å². The molecule has 2 rings (SSSR count). The number of nitrogens with one attached hydrogen (secondary N) is 1. The molecular formula is C14H24ClN3OS. The van der Waals surface area contributed by atoms with E-state index in [1.807, 2.05) is 11.7 Å². The molecule has 1 fully saturated rings. The Morgan fingerprint density at radius 2 is 2.30 bits per heavy atom. The molecule has 1 saturated heterocycles. The first kappa shape index (κ1) is 16.1. The quantitative estimate of drug-likeness (QED) is 0.839. The highest BCUT2D eigenvalue weighted by Gasteiger charge is 2.24. The van der Waals surface area contributed by atoms with E-state index in [1.165, 1.54) is 24.3 Å². The number of thioether (sulfide) groups is 1. The van der Waals surface area contributed by atoms with Crippen molar-refractivity contribution in [3.63, 3.8) is 0 Å². The van der Waals surface area contributed by atoms with Crippen LogP contribution >= 0.6 is 23.4 Å². The highest BCUT2D eigenvalue weighted by atomic mass is 35.5. The minimum atomic E-state index is 0.273. The summed E-state index contributed by atoms with van der Waals surface area (Å²) in [5, 5.41) is 8.55. The zero-order valence-corrected chi connectivity index (χ0v) is 13.8. The van der Waals surface area contributed by atoms with E-state index < -0.39 is 0 Å². The Hall–Kier alpha value is -0.230. The van der Waals surface area contributed by atoms with E-state index in [0.717, 1.165) is 29.6 Å². The van der Waals surface area contributed by atoms with Gasteiger partial charge in [0.2, 0.25) is 0 Å². The molecule has 1 atom stereocenters. The van der Waals surface area contributed by atoms with Crippen LogP contribution in [0.4, 0.5) is 0 Å². The molecule has 0 spiro atoms. The maximum absolute atomic E-state index is 6.35. The minimum absolute atomic E-state index is 0.273. The second kappa shape index (κ2) is 8.27. The smallest absolute Gasteiger partial charge is 0.0834 e. The Kier molecular flexibility index (Phi) is 6.68. The Balaban J connectivity index is 2.07. The molecule has 1 aliphatic rings. The van der Waals surface area contributed by atoms with Gasteiger partial charge < -0.3 is 10.1 Å². The van der Waals surface area contributed by atoms with Crippen LogP contribution in [0.25, 0.3) is 0 Å². The Bertz CT molecular complexity index is 407. The molecule has 114 valence electrons. The van der Waals surface area contributed by atoms with Crippen LogP contribution in [0.5, 0.6) is 0 Å². The molecule has 6 heteroatoms. The number of hydrogen-bond donors (Lipinski definition) is 1. The molecule has 1 aromatic rings. The third kappa shape index (κ3) is 4.13. The number of ether oxygens (including phenoxy) is 1. The largest absolute Gasteiger partial charge is 0.383 e. The van der Waals surface area contributed by atoms with E-state index in [1.54, 1.807) is 13.3 Å². The highest BCUT2D eigenvalue weighted by Crippen LogP contribution is 2.33. The van der Waals surface area contributed by atoms with Crippen LogP contribution < -0.4 is 5.32 Å². The SMILES string of the molecule is CNC(CC1CCSCC1)c1c(Cl)cnn1CCOC. The average molecular weight is 318 g/mol. The molecule has 0 saturated carbocycles. The number of hydrogen-bond acceptors (Lipinski definition) is 4. The van der Waals surface area contributed by atoms with Crippen LogP contribution in [-0.4, -0.2) is 42.1 Å². The fourth-order valence-electron chi connectivity index (χ4n) is 2.76. The lowest BCUT2D eigenvalue weighted by Crippen LogP contribution is -2.25. The zero-order valence-electron chi connectivity index (χ0n) is 12.3. The normalized spacial score (nSPS) is 18.4. The third-order valence-electron chi connectivity index (χ3n) is 3.93. The molecule has 1 N–H and O–H groups in total. The number of nitrogens with zero attached hydrogens (tertiary/aromatic N) is 2. The van der Waals surface area contributed by atoms with Gasteiger partial charge in [-0.15, -0.1) is 0 Å². The van der Waals surface area contributed by atoms with Crippen LogP contribution in [-0.2, 0) is 11.3 Å². The molecule has 1 unspecified atom stereocenters. The van der Waals surface area contributed by atoms with Gasteiger partial charge in [0.15, 0.2) is 0 Å². The lowest BCUT2D eigenvalue weighted by molar-refractivity contribution is 0.181. The van der Waals surface area contributed by atoms with Crippen molar-refractivity contribution in [3.8, 4) is 0 Å². The molecule has 1 aliphatic heterocycles. The summed E-state index contributed by atoms with van der Waals surface area (Å²) in [4.78, 5) is 0. The summed E-state index contributed by atoms with van der Waals surface area (Å²) in [5.41, 5.74) is 1.10. The van der Waals surface area contributed by atoms with Crippen LogP contribution in [0, 0.1) is 5.92 Å². The third-order valence-corrected chi connectivity index (χ3v) is 5.27. The average Bonchev–Trinajstić information content (AvgIpc) is 2.84. The molecule has 20 heavy (non-hydrogen) atoms. The Labute approximate surface area is 130 Å². The first-order chi connectivity index (χ1) is 9.76. The summed E-state index contributed by atoms with van der Waals surface area (Å²) in [6.07, 6.45) is 5.50. The van der Waals surface area contributed by atoms with E-state index in [9.17, 15) is 0 Å². The summed E-state index contributed by atoms with van der Waals surface area (Å²) < 4.78 is 7.12. The summed E-state index contributed by atoms with van der Waals surface area (Å²) >= 11 is 8.41. The molecule has 0 amide bonds. The van der Waals surface area contributed by atoms with Gasteiger partial charge in [-0.2, -0.15) is 16.9 Å². The molecular weight excluding hydrogens is 294 g/mol. The molecule has 0 bridgehead atoms. The van der Waals surface area contributed by atoms with Gasteiger partial charge in [0.25, 0.3) is 0 Å². The van der Waals surface area contributed by atoms with Gasteiger partial charge in [-0.05, 0) is 43.7 Å². The summed E-state index contributed by atoms with van der Waals surface area (Å²) in [6.45, 7) is 1.40. The zero-order chi connectivity index (χ0) is 14.4. The number of aromatic nitrogens is 2. The van der Waals surface area contributed by atoms with Gasteiger partial charge in [0.1, 0.15) is 0 Å². The minimum Gasteiger partial charge on any atom is -0.383 e. The second-order valence-electron chi connectivity index (χ2n) is 5.23. The van der Waals surface area contributed by atoms with E-state index in [-0.39, 0.29) is 6.04 Å². The van der Waals surface area contributed by atoms with Crippen molar-refractivity contribution >= 4 is 23.4 Å². The van der Waals surface area contributed by atoms with Crippen molar-refractivity contribution in [2.45, 2.75) is 31.8 Å². The lowest BCUT2D eigenvalue weighted by Gasteiger charge is -2.27. The van der Waals surface area contributed by atoms with Gasteiger partial charge in [-0.25, -0.2) is 0 Å². The summed E-state index contributed by atoms with van der Waals surface area (Å²) in [5.74, 6) is 3.37. The molecule has 2 heterocycles. The van der Waals surface area contributed by atoms with Gasteiger partial charge in [-0.1, -0.05) is 11.6 Å². The molecule has 1 aromatic heterocycles. The van der Waals surface area contributed by atoms with E-state index in [0.29, 0.717) is 6.61 Å². The topological polar surface area (TPSA) is 39.1 Å². The van der Waals surface area contributed by atoms with Crippen molar-refractivity contribution in [1.82, 2.24) is 15.1 Å². The van der Waals surface area contributed by atoms with E-state index in [4.69, 9.17) is 16.3 Å². The fourth-order valence-corrected chi connectivity index (χ4v) is 4.23. The van der Waals surface area contributed by atoms with Crippen molar-refractivity contribution in [2.75, 3.05) is 32.3 Å². The van der Waals surface area contributed by atoms with E-state index >= 15 is 0 Å². The maximum atomic E-state index is 6.35. The van der Waals surface area contributed by atoms with Crippen molar-refractivity contribution in [3.05, 3.63) is 16.9 Å². The number of halogens is 1. The van der Waals surface area contributed by atoms with Crippen LogP contribution in [0.3, 0.4) is 0 Å². The first-order valence-electron chi connectivity index (χ1n) is 7.21. The molecule has 0 radical (unpaired) electrons. The van der Waals surface area contributed by atoms with E-state index in [2.05, 4.69) is 22.2 Å². The Morgan fingerprint density at radius 1 is 1.55 bits per heavy atom. The standard InChI is InChI=1S/C14H24ClN3OS/c1-16-13(9-11-3-7-20-8-4-11)14-12(15)10-17-18(14)5-6-19-2/h10-11,13,16H,3-9H2,1-2H3. The highest BCUT2D eigenvalue weighted by molar-refractivity contribution is 7.99. The maximum Gasteiger partial charge on any atom is 0.0834 e. The predicted octanol–water partition coefficient (Wildman–Crippen LogP) is 2.98. The Morgan fingerprint density at radius 3 is 2.95 bits per heavy atom. The van der Waals surface area contributed by atoms with Crippen LogP contribution in [0.1, 0.15) is 31.0 Å². The van der Waals surface area contributed by atoms with Crippen LogP contribution in [0.15, 0.2) is 6.20 Å². The molecule has 0 aliphatic carbocycles. The first-order valence-corrected chi connectivity index (χ1v) is 8.74. The monoisotopic (exact) mass is 317 g/mol. The summed E-state index contributed by atoms with van der Waals surface area (Å²) in [6, 6.07) is 0.273. The van der Waals surface area contributed by atoms with Crippen LogP contribution in [0.2, 0.25) is 5.02 Å². The predicted molar refractivity (Wildman–Crippen MR) is 85.6 cm³/mol. The van der Waals surface area contributed by atoms with Gasteiger partial charge in [-0.3, -0.25) is 4.68 Å². The summed E-state index contributed by atoms with van der Waals surface area (Å²) in [7, 11) is 3.71. The number of methoxy groups -OCH3 is 1. The fraction of sp³-hybridized carbons (Fsp3) is 0.786. The van der Waals surface area contributed by atoms with Gasteiger partial charge in [0, 0.05) is 7.11 Å². The lowest BCUT2D eigenvalue weighted by atomic mass is 9.93. The number of rotatable bonds is 7. The molecule has 4 nitrogen and oxygen atoms in total. The molecule has 0 aromatic carbocycles. The van der Waals surface area contributed by atoms with Gasteiger partial charge >= 0.3 is 0 Å². The van der Waals surface area contributed by atoms with Gasteiger partial charge in [0.05, 0.1) is 36.1 Å². The second-order valence-corrected chi connectivity index (χ2v) is 6.86. The van der Waals surface area contributed by atoms with Crippen molar-refractivity contribution in [2.24, 2.45) is 5.92 Å². The van der Waals surface area contributed by atoms with Crippen molar-refractivity contribution < 1.29 is 4.74 Å².